The molecule has 2 aromatic carbocycles. The van der Waals surface area contributed by atoms with Gasteiger partial charge in [-0.25, -0.2) is 4.68 Å². The molecule has 1 amide bonds. The predicted molar refractivity (Wildman–Crippen MR) is 109 cm³/mol. The molecule has 0 spiro atoms. The number of pyridine rings is 1. The molecule has 0 atom stereocenters. The fourth-order valence-corrected chi connectivity index (χ4v) is 3.53. The molecule has 0 aliphatic heterocycles. The molecule has 7 heteroatoms. The number of nitrogens with zero attached hydrogens (tertiary/aromatic N) is 3. The summed E-state index contributed by atoms with van der Waals surface area (Å²) in [5, 5.41) is 9.35. The van der Waals surface area contributed by atoms with Crippen molar-refractivity contribution in [1.29, 1.82) is 0 Å². The van der Waals surface area contributed by atoms with Crippen LogP contribution in [-0.4, -0.2) is 20.7 Å². The molecule has 2 heterocycles. The minimum atomic E-state index is -0.339. The third-order valence-corrected chi connectivity index (χ3v) is 5.03. The fourth-order valence-electron chi connectivity index (χ4n) is 3.08. The van der Waals surface area contributed by atoms with E-state index in [1.807, 2.05) is 37.3 Å². The van der Waals surface area contributed by atoms with Gasteiger partial charge in [0, 0.05) is 21.4 Å². The molecule has 0 unspecified atom stereocenters. The maximum absolute atomic E-state index is 12.6. The van der Waals surface area contributed by atoms with Crippen molar-refractivity contribution < 1.29 is 4.79 Å². The number of carbonyl (C=O) groups excluding carboxylic acids is 1. The Morgan fingerprint density at radius 3 is 2.63 bits per heavy atom. The number of nitrogens with one attached hydrogen (secondary N) is 1. The molecule has 0 bridgehead atoms. The van der Waals surface area contributed by atoms with E-state index in [1.165, 1.54) is 4.68 Å². The van der Waals surface area contributed by atoms with Crippen molar-refractivity contribution in [3.8, 4) is 0 Å². The zero-order valence-corrected chi connectivity index (χ0v) is 16.0. The van der Waals surface area contributed by atoms with Crippen LogP contribution >= 0.6 is 15.9 Å². The summed E-state index contributed by atoms with van der Waals surface area (Å²) in [7, 11) is 0. The van der Waals surface area contributed by atoms with Gasteiger partial charge in [-0.1, -0.05) is 40.2 Å². The fraction of sp³-hybridized carbons (Fsp3) is 0.100. The average molecular weight is 423 g/mol. The first-order valence-electron chi connectivity index (χ1n) is 8.34. The largest absolute Gasteiger partial charge is 0.323 e. The number of rotatable bonds is 3. The van der Waals surface area contributed by atoms with Crippen LogP contribution in [0.15, 0.2) is 64.0 Å². The second kappa shape index (κ2) is 6.92. The predicted octanol–water partition coefficient (Wildman–Crippen LogP) is 3.65. The van der Waals surface area contributed by atoms with E-state index < -0.39 is 0 Å². The zero-order chi connectivity index (χ0) is 19.0. The number of carbonyl (C=O) groups is 1. The number of amides is 1. The average Bonchev–Trinajstić information content (AvgIpc) is 2.68. The Bertz CT molecular complexity index is 1250. The van der Waals surface area contributed by atoms with Crippen LogP contribution in [0.4, 0.5) is 5.69 Å². The van der Waals surface area contributed by atoms with Gasteiger partial charge < -0.3 is 5.32 Å². The summed E-state index contributed by atoms with van der Waals surface area (Å²) in [4.78, 5) is 29.5. The molecule has 0 saturated carbocycles. The molecular weight excluding hydrogens is 408 g/mol. The lowest BCUT2D eigenvalue weighted by atomic mass is 10.1. The van der Waals surface area contributed by atoms with Crippen molar-refractivity contribution in [3.05, 3.63) is 75.2 Å². The van der Waals surface area contributed by atoms with Gasteiger partial charge in [-0.05, 0) is 31.2 Å². The van der Waals surface area contributed by atoms with Crippen LogP contribution in [0, 0.1) is 6.92 Å². The summed E-state index contributed by atoms with van der Waals surface area (Å²) in [6, 6.07) is 14.6. The first kappa shape index (κ1) is 17.4. The number of fused-ring (bicyclic) bond motifs is 2. The maximum atomic E-state index is 12.6. The number of aromatic nitrogens is 3. The number of benzene rings is 2. The van der Waals surface area contributed by atoms with Crippen LogP contribution in [0.25, 0.3) is 21.7 Å². The van der Waals surface area contributed by atoms with Gasteiger partial charge in [0.1, 0.15) is 6.54 Å². The molecular formula is C20H15BrN4O2. The molecule has 1 N–H and O–H groups in total. The van der Waals surface area contributed by atoms with Gasteiger partial charge in [-0.3, -0.25) is 14.6 Å². The monoisotopic (exact) mass is 422 g/mol. The summed E-state index contributed by atoms with van der Waals surface area (Å²) in [5.74, 6) is -0.339. The van der Waals surface area contributed by atoms with Crippen LogP contribution in [0.3, 0.4) is 0 Å². The Kier molecular flexibility index (Phi) is 4.45. The van der Waals surface area contributed by atoms with E-state index in [9.17, 15) is 9.59 Å². The highest BCUT2D eigenvalue weighted by Gasteiger charge is 2.13. The molecule has 2 aromatic heterocycles. The second-order valence-electron chi connectivity index (χ2n) is 6.14. The Morgan fingerprint density at radius 1 is 1.07 bits per heavy atom. The molecule has 0 radical (unpaired) electrons. The van der Waals surface area contributed by atoms with Crippen LogP contribution in [0.1, 0.15) is 5.69 Å². The summed E-state index contributed by atoms with van der Waals surface area (Å²) in [5.41, 5.74) is 1.68. The van der Waals surface area contributed by atoms with Crippen molar-refractivity contribution in [2.24, 2.45) is 0 Å². The zero-order valence-electron chi connectivity index (χ0n) is 14.4. The minimum absolute atomic E-state index is 0.172. The molecule has 0 saturated heterocycles. The van der Waals surface area contributed by atoms with Gasteiger partial charge in [-0.2, -0.15) is 5.10 Å². The standard InChI is InChI=1S/C20H15BrN4O2/c1-12-13-5-2-3-6-14(13)20(27)25(24-12)11-18(26)23-17-9-8-16(21)15-7-4-10-22-19(15)17/h2-10H,11H2,1H3,(H,23,26). The highest BCUT2D eigenvalue weighted by molar-refractivity contribution is 9.10. The third-order valence-electron chi connectivity index (χ3n) is 4.34. The quantitative estimate of drug-likeness (QED) is 0.546. The summed E-state index contributed by atoms with van der Waals surface area (Å²) >= 11 is 3.48. The van der Waals surface area contributed by atoms with Gasteiger partial charge in [-0.15, -0.1) is 0 Å². The Labute approximate surface area is 163 Å². The van der Waals surface area contributed by atoms with Gasteiger partial charge in [0.05, 0.1) is 22.3 Å². The Morgan fingerprint density at radius 2 is 1.81 bits per heavy atom. The lowest BCUT2D eigenvalue weighted by molar-refractivity contribution is -0.117. The van der Waals surface area contributed by atoms with Crippen LogP contribution in [-0.2, 0) is 11.3 Å². The lowest BCUT2D eigenvalue weighted by Crippen LogP contribution is -2.30. The molecule has 4 rings (SSSR count). The van der Waals surface area contributed by atoms with Crippen LogP contribution in [0.5, 0.6) is 0 Å². The third kappa shape index (κ3) is 3.21. The molecule has 4 aromatic rings. The number of hydrogen-bond donors (Lipinski definition) is 1. The van der Waals surface area contributed by atoms with E-state index in [4.69, 9.17) is 0 Å². The normalized spacial score (nSPS) is 11.0. The van der Waals surface area contributed by atoms with E-state index in [-0.39, 0.29) is 18.0 Å². The molecule has 0 aliphatic rings. The number of aryl methyl sites for hydroxylation is 1. The summed E-state index contributed by atoms with van der Waals surface area (Å²) in [6.45, 7) is 1.65. The van der Waals surface area contributed by atoms with Crippen molar-refractivity contribution in [2.75, 3.05) is 5.32 Å². The van der Waals surface area contributed by atoms with Crippen LogP contribution < -0.4 is 10.9 Å². The topological polar surface area (TPSA) is 76.9 Å². The number of hydrogen-bond acceptors (Lipinski definition) is 4. The van der Waals surface area contributed by atoms with Crippen molar-refractivity contribution in [2.45, 2.75) is 13.5 Å². The second-order valence-corrected chi connectivity index (χ2v) is 6.99. The van der Waals surface area contributed by atoms with Gasteiger partial charge in [0.2, 0.25) is 5.91 Å². The van der Waals surface area contributed by atoms with Crippen LogP contribution in [0.2, 0.25) is 0 Å². The lowest BCUT2D eigenvalue weighted by Gasteiger charge is -2.11. The first-order chi connectivity index (χ1) is 13.0. The van der Waals surface area contributed by atoms with E-state index in [2.05, 4.69) is 31.3 Å². The first-order valence-corrected chi connectivity index (χ1v) is 9.13. The van der Waals surface area contributed by atoms with Crippen molar-refractivity contribution >= 4 is 49.2 Å². The van der Waals surface area contributed by atoms with Gasteiger partial charge >= 0.3 is 0 Å². The van der Waals surface area contributed by atoms with E-state index in [0.717, 1.165) is 15.2 Å². The highest BCUT2D eigenvalue weighted by atomic mass is 79.9. The maximum Gasteiger partial charge on any atom is 0.275 e. The molecule has 27 heavy (non-hydrogen) atoms. The molecule has 6 nitrogen and oxygen atoms in total. The number of halogens is 1. The van der Waals surface area contributed by atoms with E-state index >= 15 is 0 Å². The van der Waals surface area contributed by atoms with Gasteiger partial charge in [0.25, 0.3) is 5.56 Å². The Balaban J connectivity index is 1.66. The molecule has 0 fully saturated rings. The smallest absolute Gasteiger partial charge is 0.275 e. The number of anilines is 1. The summed E-state index contributed by atoms with van der Waals surface area (Å²) < 4.78 is 2.09. The summed E-state index contributed by atoms with van der Waals surface area (Å²) in [6.07, 6.45) is 1.67. The Hall–Kier alpha value is -3.06. The molecule has 0 aliphatic carbocycles. The SMILES string of the molecule is Cc1nn(CC(=O)Nc2ccc(Br)c3cccnc23)c(=O)c2ccccc12. The van der Waals surface area contributed by atoms with E-state index in [0.29, 0.717) is 22.3 Å². The van der Waals surface area contributed by atoms with E-state index in [1.54, 1.807) is 24.4 Å². The highest BCUT2D eigenvalue weighted by Crippen LogP contribution is 2.28. The minimum Gasteiger partial charge on any atom is -0.323 e. The van der Waals surface area contributed by atoms with Crippen molar-refractivity contribution in [1.82, 2.24) is 14.8 Å². The van der Waals surface area contributed by atoms with Crippen molar-refractivity contribution in [3.63, 3.8) is 0 Å². The molecule has 134 valence electrons. The van der Waals surface area contributed by atoms with Gasteiger partial charge in [0.15, 0.2) is 0 Å².